The minimum Gasteiger partial charge on any atom is -0.335 e. The van der Waals surface area contributed by atoms with Crippen molar-refractivity contribution in [3.8, 4) is 0 Å². The Labute approximate surface area is 112 Å². The van der Waals surface area contributed by atoms with Crippen molar-refractivity contribution >= 4 is 11.6 Å². The van der Waals surface area contributed by atoms with E-state index in [-0.39, 0.29) is 11.6 Å². The van der Waals surface area contributed by atoms with Crippen molar-refractivity contribution in [2.75, 3.05) is 13.1 Å². The fourth-order valence-corrected chi connectivity index (χ4v) is 1.59. The molecule has 5 nitrogen and oxygen atoms in total. The molecule has 0 unspecified atom stereocenters. The average molecular weight is 260 g/mol. The van der Waals surface area contributed by atoms with Gasteiger partial charge < -0.3 is 4.90 Å². The van der Waals surface area contributed by atoms with Crippen LogP contribution in [0.25, 0.3) is 0 Å². The lowest BCUT2D eigenvalue weighted by Gasteiger charge is -2.20. The molecule has 1 aromatic carbocycles. The number of amides is 1. The SMILES string of the molecule is C=CCCN(CC=C)C(=O)c1ccc([N+](=O)[O-])cc1. The second kappa shape index (κ2) is 7.10. The van der Waals surface area contributed by atoms with Crippen LogP contribution in [0.3, 0.4) is 0 Å². The first-order chi connectivity index (χ1) is 9.10. The van der Waals surface area contributed by atoms with Crippen LogP contribution >= 0.6 is 0 Å². The number of carbonyl (C=O) groups is 1. The first-order valence-corrected chi connectivity index (χ1v) is 5.85. The molecule has 1 aromatic rings. The number of rotatable bonds is 7. The fraction of sp³-hybridized carbons (Fsp3) is 0.214. The van der Waals surface area contributed by atoms with E-state index in [1.54, 1.807) is 17.1 Å². The molecular formula is C14H16N2O3. The highest BCUT2D eigenvalue weighted by Crippen LogP contribution is 2.13. The van der Waals surface area contributed by atoms with E-state index in [9.17, 15) is 14.9 Å². The van der Waals surface area contributed by atoms with Crippen LogP contribution in [0.1, 0.15) is 16.8 Å². The molecule has 0 aliphatic heterocycles. The van der Waals surface area contributed by atoms with Gasteiger partial charge in [-0.2, -0.15) is 0 Å². The molecule has 1 amide bonds. The third kappa shape index (κ3) is 4.06. The summed E-state index contributed by atoms with van der Waals surface area (Å²) in [5.41, 5.74) is 0.398. The summed E-state index contributed by atoms with van der Waals surface area (Å²) in [6.45, 7) is 8.21. The Hall–Kier alpha value is -2.43. The zero-order chi connectivity index (χ0) is 14.3. The topological polar surface area (TPSA) is 63.5 Å². The number of carbonyl (C=O) groups excluding carboxylic acids is 1. The third-order valence-electron chi connectivity index (χ3n) is 2.56. The smallest absolute Gasteiger partial charge is 0.269 e. The van der Waals surface area contributed by atoms with E-state index in [0.717, 1.165) is 0 Å². The number of nitro benzene ring substituents is 1. The summed E-state index contributed by atoms with van der Waals surface area (Å²) < 4.78 is 0. The second-order valence-electron chi connectivity index (χ2n) is 3.92. The summed E-state index contributed by atoms with van der Waals surface area (Å²) in [4.78, 5) is 23.9. The van der Waals surface area contributed by atoms with Gasteiger partial charge in [0.1, 0.15) is 0 Å². The summed E-state index contributed by atoms with van der Waals surface area (Å²) in [6.07, 6.45) is 4.07. The molecule has 0 atom stereocenters. The van der Waals surface area contributed by atoms with Crippen molar-refractivity contribution in [3.63, 3.8) is 0 Å². The summed E-state index contributed by atoms with van der Waals surface area (Å²) in [6, 6.07) is 5.58. The third-order valence-corrected chi connectivity index (χ3v) is 2.56. The molecule has 0 saturated carbocycles. The van der Waals surface area contributed by atoms with Crippen molar-refractivity contribution in [2.45, 2.75) is 6.42 Å². The van der Waals surface area contributed by atoms with E-state index in [1.165, 1.54) is 24.3 Å². The number of benzene rings is 1. The zero-order valence-corrected chi connectivity index (χ0v) is 10.6. The lowest BCUT2D eigenvalue weighted by Crippen LogP contribution is -2.31. The molecule has 5 heteroatoms. The summed E-state index contributed by atoms with van der Waals surface area (Å²) in [5, 5.41) is 10.5. The fourth-order valence-electron chi connectivity index (χ4n) is 1.59. The van der Waals surface area contributed by atoms with Crippen molar-refractivity contribution in [2.24, 2.45) is 0 Å². The molecule has 0 spiro atoms. The van der Waals surface area contributed by atoms with E-state index in [4.69, 9.17) is 0 Å². The molecule has 0 fully saturated rings. The summed E-state index contributed by atoms with van der Waals surface area (Å²) in [7, 11) is 0. The molecule has 0 aliphatic carbocycles. The van der Waals surface area contributed by atoms with Crippen LogP contribution in [0.2, 0.25) is 0 Å². The molecule has 0 N–H and O–H groups in total. The Morgan fingerprint density at radius 1 is 1.26 bits per heavy atom. The Bertz CT molecular complexity index is 480. The predicted octanol–water partition coefficient (Wildman–Crippen LogP) is 2.80. The lowest BCUT2D eigenvalue weighted by molar-refractivity contribution is -0.384. The first kappa shape index (κ1) is 14.6. The number of non-ortho nitro benzene ring substituents is 1. The molecule has 0 radical (unpaired) electrons. The largest absolute Gasteiger partial charge is 0.335 e. The molecule has 19 heavy (non-hydrogen) atoms. The van der Waals surface area contributed by atoms with Gasteiger partial charge >= 0.3 is 0 Å². The van der Waals surface area contributed by atoms with E-state index in [1.807, 2.05) is 0 Å². The first-order valence-electron chi connectivity index (χ1n) is 5.85. The highest BCUT2D eigenvalue weighted by Gasteiger charge is 2.15. The Morgan fingerprint density at radius 2 is 1.89 bits per heavy atom. The molecule has 0 aliphatic rings. The second-order valence-corrected chi connectivity index (χ2v) is 3.92. The highest BCUT2D eigenvalue weighted by atomic mass is 16.6. The van der Waals surface area contributed by atoms with Crippen LogP contribution in [0.5, 0.6) is 0 Å². The van der Waals surface area contributed by atoms with Crippen LogP contribution in [-0.2, 0) is 0 Å². The Morgan fingerprint density at radius 3 is 2.37 bits per heavy atom. The Kier molecular flexibility index (Phi) is 5.47. The number of nitrogens with zero attached hydrogens (tertiary/aromatic N) is 2. The molecule has 0 bridgehead atoms. The molecule has 0 saturated heterocycles. The maximum absolute atomic E-state index is 12.2. The van der Waals surface area contributed by atoms with Gasteiger partial charge in [0.05, 0.1) is 4.92 Å². The number of nitro groups is 1. The molecule has 100 valence electrons. The van der Waals surface area contributed by atoms with Crippen molar-refractivity contribution < 1.29 is 9.72 Å². The molecule has 0 aromatic heterocycles. The number of hydrogen-bond acceptors (Lipinski definition) is 3. The van der Waals surface area contributed by atoms with Crippen molar-refractivity contribution in [1.82, 2.24) is 4.90 Å². The standard InChI is InChI=1S/C14H16N2O3/c1-3-5-11-15(10-4-2)14(17)12-6-8-13(9-7-12)16(18)19/h3-4,6-9H,1-2,5,10-11H2. The van der Waals surface area contributed by atoms with Gasteiger partial charge in [0, 0.05) is 30.8 Å². The van der Waals surface area contributed by atoms with Gasteiger partial charge in [-0.3, -0.25) is 14.9 Å². The molecule has 1 rings (SSSR count). The van der Waals surface area contributed by atoms with Gasteiger partial charge in [-0.15, -0.1) is 13.2 Å². The minimum absolute atomic E-state index is 0.0297. The molecular weight excluding hydrogens is 244 g/mol. The number of hydrogen-bond donors (Lipinski definition) is 0. The van der Waals surface area contributed by atoms with Crippen LogP contribution in [0.4, 0.5) is 5.69 Å². The summed E-state index contributed by atoms with van der Waals surface area (Å²) >= 11 is 0. The van der Waals surface area contributed by atoms with Gasteiger partial charge in [0.2, 0.25) is 0 Å². The van der Waals surface area contributed by atoms with E-state index in [2.05, 4.69) is 13.2 Å². The van der Waals surface area contributed by atoms with Crippen LogP contribution < -0.4 is 0 Å². The summed E-state index contributed by atoms with van der Waals surface area (Å²) in [5.74, 6) is -0.170. The normalized spacial score (nSPS) is 9.68. The van der Waals surface area contributed by atoms with Crippen molar-refractivity contribution in [1.29, 1.82) is 0 Å². The Balaban J connectivity index is 2.85. The predicted molar refractivity (Wildman–Crippen MR) is 74.0 cm³/mol. The van der Waals surface area contributed by atoms with Crippen molar-refractivity contribution in [3.05, 3.63) is 65.3 Å². The van der Waals surface area contributed by atoms with Gasteiger partial charge in [0.15, 0.2) is 0 Å². The monoisotopic (exact) mass is 260 g/mol. The van der Waals surface area contributed by atoms with E-state index >= 15 is 0 Å². The minimum atomic E-state index is -0.493. The van der Waals surface area contributed by atoms with E-state index < -0.39 is 4.92 Å². The van der Waals surface area contributed by atoms with Crippen LogP contribution in [0, 0.1) is 10.1 Å². The maximum Gasteiger partial charge on any atom is 0.269 e. The quantitative estimate of drug-likeness (QED) is 0.430. The van der Waals surface area contributed by atoms with Gasteiger partial charge in [-0.1, -0.05) is 12.2 Å². The maximum atomic E-state index is 12.2. The van der Waals surface area contributed by atoms with Gasteiger partial charge in [-0.25, -0.2) is 0 Å². The van der Waals surface area contributed by atoms with Gasteiger partial charge in [0.25, 0.3) is 11.6 Å². The van der Waals surface area contributed by atoms with Gasteiger partial charge in [-0.05, 0) is 18.6 Å². The zero-order valence-electron chi connectivity index (χ0n) is 10.6. The lowest BCUT2D eigenvalue weighted by atomic mass is 10.1. The van der Waals surface area contributed by atoms with Crippen LogP contribution in [-0.4, -0.2) is 28.8 Å². The molecule has 0 heterocycles. The van der Waals surface area contributed by atoms with E-state index in [0.29, 0.717) is 25.1 Å². The van der Waals surface area contributed by atoms with Crippen LogP contribution in [0.15, 0.2) is 49.6 Å². The highest BCUT2D eigenvalue weighted by molar-refractivity contribution is 5.94. The average Bonchev–Trinajstić information content (AvgIpc) is 2.42.